The minimum Gasteiger partial charge on any atom is -0.338 e. The fourth-order valence-corrected chi connectivity index (χ4v) is 5.00. The lowest BCUT2D eigenvalue weighted by Crippen LogP contribution is -2.39. The molecule has 3 heterocycles. The van der Waals surface area contributed by atoms with Crippen LogP contribution in [-0.2, 0) is 0 Å². The number of piperidine rings is 1. The molecule has 1 aliphatic heterocycles. The van der Waals surface area contributed by atoms with E-state index < -0.39 is 0 Å². The van der Waals surface area contributed by atoms with Gasteiger partial charge in [-0.1, -0.05) is 18.3 Å². The summed E-state index contributed by atoms with van der Waals surface area (Å²) < 4.78 is 16.2. The number of halogens is 1. The van der Waals surface area contributed by atoms with Crippen molar-refractivity contribution in [1.29, 1.82) is 0 Å². The molecule has 1 atom stereocenters. The van der Waals surface area contributed by atoms with Crippen LogP contribution in [0.15, 0.2) is 48.7 Å². The van der Waals surface area contributed by atoms with Crippen LogP contribution in [0.1, 0.15) is 30.1 Å². The third kappa shape index (κ3) is 2.98. The van der Waals surface area contributed by atoms with Crippen molar-refractivity contribution < 1.29 is 9.18 Å². The van der Waals surface area contributed by atoms with Gasteiger partial charge in [-0.2, -0.15) is 0 Å². The molecular weight excluding hydrogens is 373 g/mol. The number of fused-ring (bicyclic) bond motifs is 3. The summed E-state index contributed by atoms with van der Waals surface area (Å²) in [6.07, 6.45) is 4.24. The summed E-state index contributed by atoms with van der Waals surface area (Å²) in [5, 5.41) is 0. The molecule has 6 heteroatoms. The predicted octanol–water partition coefficient (Wildman–Crippen LogP) is 5.23. The molecule has 0 bridgehead atoms. The molecule has 4 aromatic rings. The van der Waals surface area contributed by atoms with Crippen molar-refractivity contribution in [1.82, 2.24) is 14.3 Å². The number of hydrogen-bond acceptors (Lipinski definition) is 3. The standard InChI is InChI=1S/C22H20FN3OS/c1-14-3-2-10-25(12-14)21(27)16-6-9-19-20(11-16)28-22-24-18(13-26(19)22)15-4-7-17(23)8-5-15/h4-9,11,13-14H,2-3,10,12H2,1H3. The van der Waals surface area contributed by atoms with Crippen LogP contribution in [0.5, 0.6) is 0 Å². The van der Waals surface area contributed by atoms with Crippen molar-refractivity contribution in [2.75, 3.05) is 13.1 Å². The first kappa shape index (κ1) is 17.4. The molecule has 1 unspecified atom stereocenters. The molecule has 0 aliphatic carbocycles. The number of benzene rings is 2. The average molecular weight is 393 g/mol. The fourth-order valence-electron chi connectivity index (χ4n) is 3.95. The molecule has 0 saturated carbocycles. The number of likely N-dealkylation sites (tertiary alicyclic amines) is 1. The zero-order valence-electron chi connectivity index (χ0n) is 15.6. The van der Waals surface area contributed by atoms with Gasteiger partial charge >= 0.3 is 0 Å². The molecule has 1 fully saturated rings. The van der Waals surface area contributed by atoms with Gasteiger partial charge in [-0.05, 0) is 61.2 Å². The summed E-state index contributed by atoms with van der Waals surface area (Å²) in [4.78, 5) is 20.4. The zero-order valence-corrected chi connectivity index (χ0v) is 16.4. The number of hydrogen-bond donors (Lipinski definition) is 0. The lowest BCUT2D eigenvalue weighted by Gasteiger charge is -2.31. The van der Waals surface area contributed by atoms with E-state index in [0.29, 0.717) is 5.92 Å². The average Bonchev–Trinajstić information content (AvgIpc) is 3.25. The van der Waals surface area contributed by atoms with E-state index in [4.69, 9.17) is 0 Å². The molecule has 0 radical (unpaired) electrons. The fraction of sp³-hybridized carbons (Fsp3) is 0.273. The van der Waals surface area contributed by atoms with E-state index in [1.54, 1.807) is 23.5 Å². The van der Waals surface area contributed by atoms with E-state index >= 15 is 0 Å². The van der Waals surface area contributed by atoms with Crippen LogP contribution >= 0.6 is 11.3 Å². The minimum atomic E-state index is -0.254. The molecule has 1 saturated heterocycles. The maximum atomic E-state index is 13.2. The Labute approximate surface area is 166 Å². The smallest absolute Gasteiger partial charge is 0.253 e. The molecule has 2 aromatic carbocycles. The van der Waals surface area contributed by atoms with E-state index in [2.05, 4.69) is 11.9 Å². The lowest BCUT2D eigenvalue weighted by atomic mass is 9.99. The SMILES string of the molecule is CC1CCCN(C(=O)c2ccc3c(c2)sc2nc(-c4ccc(F)cc4)cn23)C1. The van der Waals surface area contributed by atoms with Crippen LogP contribution in [0.4, 0.5) is 4.39 Å². The summed E-state index contributed by atoms with van der Waals surface area (Å²) in [6, 6.07) is 12.2. The second kappa shape index (κ2) is 6.71. The van der Waals surface area contributed by atoms with Crippen molar-refractivity contribution in [3.63, 3.8) is 0 Å². The first-order valence-electron chi connectivity index (χ1n) is 9.55. The third-order valence-electron chi connectivity index (χ3n) is 5.43. The van der Waals surface area contributed by atoms with Gasteiger partial charge in [-0.15, -0.1) is 0 Å². The zero-order chi connectivity index (χ0) is 19.3. The number of rotatable bonds is 2. The van der Waals surface area contributed by atoms with E-state index in [1.807, 2.05) is 33.7 Å². The molecule has 2 aromatic heterocycles. The van der Waals surface area contributed by atoms with Crippen LogP contribution < -0.4 is 0 Å². The Morgan fingerprint density at radius 2 is 2.04 bits per heavy atom. The van der Waals surface area contributed by atoms with E-state index in [0.717, 1.165) is 51.5 Å². The summed E-state index contributed by atoms with van der Waals surface area (Å²) in [6.45, 7) is 3.89. The highest BCUT2D eigenvalue weighted by Crippen LogP contribution is 2.31. The molecule has 1 aliphatic rings. The number of nitrogens with zero attached hydrogens (tertiary/aromatic N) is 3. The Morgan fingerprint density at radius 1 is 1.21 bits per heavy atom. The number of amides is 1. The van der Waals surface area contributed by atoms with Gasteiger partial charge in [-0.25, -0.2) is 9.37 Å². The Morgan fingerprint density at radius 3 is 2.82 bits per heavy atom. The number of carbonyl (C=O) groups excluding carboxylic acids is 1. The van der Waals surface area contributed by atoms with Crippen LogP contribution in [0.2, 0.25) is 0 Å². The van der Waals surface area contributed by atoms with E-state index in [-0.39, 0.29) is 11.7 Å². The predicted molar refractivity (Wildman–Crippen MR) is 110 cm³/mol. The highest BCUT2D eigenvalue weighted by Gasteiger charge is 2.22. The third-order valence-corrected chi connectivity index (χ3v) is 6.44. The van der Waals surface area contributed by atoms with Crippen molar-refractivity contribution in [3.05, 3.63) is 60.0 Å². The number of carbonyl (C=O) groups is 1. The minimum absolute atomic E-state index is 0.117. The summed E-state index contributed by atoms with van der Waals surface area (Å²) in [5.41, 5.74) is 3.47. The first-order chi connectivity index (χ1) is 13.6. The normalized spacial score (nSPS) is 17.5. The highest BCUT2D eigenvalue weighted by molar-refractivity contribution is 7.23. The van der Waals surface area contributed by atoms with E-state index in [9.17, 15) is 9.18 Å². The summed E-state index contributed by atoms with van der Waals surface area (Å²) in [7, 11) is 0. The second-order valence-corrected chi connectivity index (χ2v) is 8.58. The van der Waals surface area contributed by atoms with Crippen LogP contribution in [-0.4, -0.2) is 33.3 Å². The second-order valence-electron chi connectivity index (χ2n) is 7.57. The van der Waals surface area contributed by atoms with Gasteiger partial charge in [0.1, 0.15) is 5.82 Å². The van der Waals surface area contributed by atoms with E-state index in [1.165, 1.54) is 18.6 Å². The molecule has 0 spiro atoms. The molecule has 0 N–H and O–H groups in total. The highest BCUT2D eigenvalue weighted by atomic mass is 32.1. The largest absolute Gasteiger partial charge is 0.338 e. The van der Waals surface area contributed by atoms with Crippen molar-refractivity contribution in [2.45, 2.75) is 19.8 Å². The Balaban J connectivity index is 1.49. The lowest BCUT2D eigenvalue weighted by molar-refractivity contribution is 0.0683. The van der Waals surface area contributed by atoms with Gasteiger partial charge in [-0.3, -0.25) is 9.20 Å². The summed E-state index contributed by atoms with van der Waals surface area (Å²) >= 11 is 1.57. The van der Waals surface area contributed by atoms with Crippen molar-refractivity contribution in [3.8, 4) is 11.3 Å². The van der Waals surface area contributed by atoms with Gasteiger partial charge in [0.2, 0.25) is 0 Å². The van der Waals surface area contributed by atoms with Crippen molar-refractivity contribution >= 4 is 32.4 Å². The number of thiazole rings is 1. The van der Waals surface area contributed by atoms with Gasteiger partial charge in [0.05, 0.1) is 15.9 Å². The number of imidazole rings is 1. The molecule has 28 heavy (non-hydrogen) atoms. The van der Waals surface area contributed by atoms with Gasteiger partial charge < -0.3 is 4.90 Å². The van der Waals surface area contributed by atoms with Crippen LogP contribution in [0.3, 0.4) is 0 Å². The van der Waals surface area contributed by atoms with Crippen molar-refractivity contribution in [2.24, 2.45) is 5.92 Å². The molecular formula is C22H20FN3OS. The quantitative estimate of drug-likeness (QED) is 0.468. The maximum Gasteiger partial charge on any atom is 0.253 e. The Hall–Kier alpha value is -2.73. The van der Waals surface area contributed by atoms with Crippen LogP contribution in [0, 0.1) is 11.7 Å². The topological polar surface area (TPSA) is 37.6 Å². The summed E-state index contributed by atoms with van der Waals surface area (Å²) in [5.74, 6) is 0.429. The maximum absolute atomic E-state index is 13.2. The van der Waals surface area contributed by atoms with Gasteiger partial charge in [0.25, 0.3) is 5.91 Å². The Kier molecular flexibility index (Phi) is 4.16. The molecule has 142 valence electrons. The van der Waals surface area contributed by atoms with Gasteiger partial charge in [0.15, 0.2) is 4.96 Å². The Bertz CT molecular complexity index is 1180. The number of aromatic nitrogens is 2. The van der Waals surface area contributed by atoms with Crippen LogP contribution in [0.25, 0.3) is 26.4 Å². The van der Waals surface area contributed by atoms with Gasteiger partial charge in [0, 0.05) is 30.4 Å². The molecule has 4 nitrogen and oxygen atoms in total. The first-order valence-corrected chi connectivity index (χ1v) is 10.4. The molecule has 5 rings (SSSR count). The monoisotopic (exact) mass is 393 g/mol. The molecule has 1 amide bonds.